The number of hydrogen-bond acceptors (Lipinski definition) is 11. The van der Waals surface area contributed by atoms with Crippen LogP contribution < -0.4 is 28.9 Å². The third-order valence-corrected chi connectivity index (χ3v) is 13.2. The van der Waals surface area contributed by atoms with Gasteiger partial charge in [0.25, 0.3) is 0 Å². The number of aromatic nitrogens is 8. The Bertz CT molecular complexity index is 4210. The van der Waals surface area contributed by atoms with E-state index in [1.807, 2.05) is 132 Å². The van der Waals surface area contributed by atoms with E-state index in [1.54, 1.807) is 0 Å². The van der Waals surface area contributed by atoms with Gasteiger partial charge in [-0.05, 0) is 140 Å². The Balaban J connectivity index is 0.00000301. The molecule has 0 unspecified atom stereocenters. The van der Waals surface area contributed by atoms with E-state index in [0.29, 0.717) is 90.8 Å². The standard InChI is InChI=1S/C64H56N8O4.O.V/c1-61(2,3)73-49-37-25-17-13-21-33(37)29-41-45(49)57-65-53(41)70-58-47-43(31-35-23-15-19-27-39(35)51(47)75-63(7,8)9)55(67-58)72-60-48-44(32-36-24-16-20-28-40(36)52(48)76-64(10,11)12)56(68-60)71-59-46-42(54(66-59)69-57)30-34-22-14-18-26-38(34)50(46)74-62(4,5)6;;/h13-32H,1-12H3;;/q-2;;+2. The number of benzene rings is 8. The molecule has 8 aromatic carbocycles. The zero-order valence-corrected chi connectivity index (χ0v) is 47.0. The summed E-state index contributed by atoms with van der Waals surface area (Å²) in [6.45, 7) is 24.5. The molecule has 14 heteroatoms. The summed E-state index contributed by atoms with van der Waals surface area (Å²) >= 11 is 1.06. The summed E-state index contributed by atoms with van der Waals surface area (Å²) in [5.41, 5.74) is 1.91. The molecule has 387 valence electrons. The monoisotopic (exact) mass is 1070 g/mol. The van der Waals surface area contributed by atoms with Crippen LogP contribution in [0.1, 0.15) is 83.1 Å². The molecule has 0 N–H and O–H groups in total. The molecule has 0 fully saturated rings. The molecular weight excluding hydrogens is 1010 g/mol. The summed E-state index contributed by atoms with van der Waals surface area (Å²) in [6.07, 6.45) is 0. The van der Waals surface area contributed by atoms with Gasteiger partial charge in [-0.15, -0.1) is 0 Å². The predicted octanol–water partition coefficient (Wildman–Crippen LogP) is 15.3. The average Bonchev–Trinajstić information content (AvgIpc) is 4.30. The molecule has 8 bridgehead atoms. The van der Waals surface area contributed by atoms with Crippen molar-refractivity contribution in [2.75, 3.05) is 0 Å². The van der Waals surface area contributed by atoms with Crippen molar-refractivity contribution in [1.29, 1.82) is 0 Å². The third kappa shape index (κ3) is 8.94. The first-order valence-corrected chi connectivity index (χ1v) is 26.6. The average molecular weight is 1070 g/mol. The molecular formula is C64H56N8O5V. The Hall–Kier alpha value is -8.26. The fourth-order valence-corrected chi connectivity index (χ4v) is 10.4. The van der Waals surface area contributed by atoms with Crippen LogP contribution in [0.3, 0.4) is 0 Å². The zero-order valence-electron chi connectivity index (χ0n) is 45.6. The molecule has 2 aliphatic heterocycles. The Kier molecular flexibility index (Phi) is 11.8. The first-order valence-electron chi connectivity index (χ1n) is 26.0. The van der Waals surface area contributed by atoms with Crippen LogP contribution >= 0.6 is 0 Å². The quantitative estimate of drug-likeness (QED) is 0.164. The van der Waals surface area contributed by atoms with Crippen molar-refractivity contribution in [3.05, 3.63) is 121 Å². The van der Waals surface area contributed by atoms with Gasteiger partial charge in [-0.25, -0.2) is 9.97 Å². The van der Waals surface area contributed by atoms with E-state index in [4.69, 9.17) is 62.5 Å². The zero-order chi connectivity index (χ0) is 54.8. The van der Waals surface area contributed by atoms with Crippen molar-refractivity contribution >= 4 is 87.2 Å². The van der Waals surface area contributed by atoms with Crippen molar-refractivity contribution in [2.24, 2.45) is 0 Å². The summed E-state index contributed by atoms with van der Waals surface area (Å²) in [5.74, 6) is 4.05. The Labute approximate surface area is 460 Å². The number of nitrogens with zero attached hydrogens (tertiary/aromatic N) is 8. The van der Waals surface area contributed by atoms with Gasteiger partial charge in [0.2, 0.25) is 0 Å². The molecule has 0 spiro atoms. The molecule has 0 atom stereocenters. The fourth-order valence-electron chi connectivity index (χ4n) is 10.4. The second kappa shape index (κ2) is 18.2. The van der Waals surface area contributed by atoms with Gasteiger partial charge in [-0.1, -0.05) is 97.1 Å². The van der Waals surface area contributed by atoms with Gasteiger partial charge in [-0.3, -0.25) is 0 Å². The van der Waals surface area contributed by atoms with Gasteiger partial charge in [0.15, 0.2) is 0 Å². The van der Waals surface area contributed by atoms with Crippen molar-refractivity contribution < 1.29 is 40.0 Å². The van der Waals surface area contributed by atoms with Gasteiger partial charge in [0, 0.05) is 66.0 Å². The molecule has 11 aromatic rings. The number of fused-ring (bicyclic) bond motifs is 24. The van der Waals surface area contributed by atoms with Crippen LogP contribution in [0, 0.1) is 0 Å². The Morgan fingerprint density at radius 2 is 0.615 bits per heavy atom. The SMILES string of the molecule is CC(C)(C)Oc1c2c(cc3ccccc13)-c1nc-2nc2[n-]c(nc3nc(nc4[n-]c(n1)c1c(OC(C)(C)C)c5ccccc5cc41)-c1c-3cc3ccccc3c1OC(C)(C)C)c1c(OC(C)(C)C)c3ccccc3cc21.[O]=[V+2]. The Morgan fingerprint density at radius 3 is 0.949 bits per heavy atom. The minimum absolute atomic E-state index is 0.371. The van der Waals surface area contributed by atoms with Crippen LogP contribution in [0.2, 0.25) is 0 Å². The summed E-state index contributed by atoms with van der Waals surface area (Å²) in [5, 5.41) is 10.3. The molecule has 0 aliphatic carbocycles. The van der Waals surface area contributed by atoms with Crippen molar-refractivity contribution in [2.45, 2.75) is 105 Å². The summed E-state index contributed by atoms with van der Waals surface area (Å²) < 4.78 is 36.2. The van der Waals surface area contributed by atoms with Crippen LogP contribution in [-0.2, 0) is 21.0 Å². The number of hydrogen-bond donors (Lipinski definition) is 0. The molecule has 5 heterocycles. The van der Waals surface area contributed by atoms with Crippen LogP contribution in [0.15, 0.2) is 121 Å². The molecule has 0 saturated carbocycles. The molecule has 2 aliphatic rings. The van der Waals surface area contributed by atoms with E-state index in [1.165, 1.54) is 0 Å². The van der Waals surface area contributed by atoms with Crippen LogP contribution in [0.25, 0.3) is 133 Å². The van der Waals surface area contributed by atoms with Crippen molar-refractivity contribution in [3.8, 4) is 68.5 Å². The third-order valence-electron chi connectivity index (χ3n) is 13.2. The minimum atomic E-state index is -0.606. The predicted molar refractivity (Wildman–Crippen MR) is 306 cm³/mol. The van der Waals surface area contributed by atoms with Gasteiger partial charge in [0.1, 0.15) is 45.4 Å². The van der Waals surface area contributed by atoms with E-state index in [2.05, 4.69) is 72.8 Å². The van der Waals surface area contributed by atoms with Crippen molar-refractivity contribution in [1.82, 2.24) is 39.9 Å². The molecule has 78 heavy (non-hydrogen) atoms. The van der Waals surface area contributed by atoms with E-state index in [-0.39, 0.29) is 0 Å². The van der Waals surface area contributed by atoms with Gasteiger partial charge in [0.05, 0.1) is 34.4 Å². The van der Waals surface area contributed by atoms with E-state index in [0.717, 1.165) is 82.4 Å². The molecule has 13 nitrogen and oxygen atoms in total. The molecule has 3 aromatic heterocycles. The summed E-state index contributed by atoms with van der Waals surface area (Å²) in [7, 11) is 0. The molecule has 13 rings (SSSR count). The molecule has 0 amide bonds. The second-order valence-electron chi connectivity index (χ2n) is 23.7. The first kappa shape index (κ1) is 50.6. The van der Waals surface area contributed by atoms with E-state index >= 15 is 0 Å². The first-order chi connectivity index (χ1) is 37.1. The maximum absolute atomic E-state index is 8.19. The summed E-state index contributed by atoms with van der Waals surface area (Å²) in [6, 6.07) is 41.2. The van der Waals surface area contributed by atoms with Gasteiger partial charge >= 0.3 is 21.0 Å². The second-order valence-corrected chi connectivity index (χ2v) is 23.7. The Morgan fingerprint density at radius 1 is 0.333 bits per heavy atom. The number of ether oxygens (including phenoxy) is 4. The molecule has 0 radical (unpaired) electrons. The fraction of sp³-hybridized carbons (Fsp3) is 0.250. The van der Waals surface area contributed by atoms with Gasteiger partial charge < -0.3 is 48.9 Å². The number of rotatable bonds is 4. The van der Waals surface area contributed by atoms with Gasteiger partial charge in [-0.2, -0.15) is 0 Å². The van der Waals surface area contributed by atoms with Crippen LogP contribution in [0.4, 0.5) is 0 Å². The maximum atomic E-state index is 8.19. The van der Waals surface area contributed by atoms with Crippen LogP contribution in [-0.4, -0.2) is 52.3 Å². The molecule has 0 saturated heterocycles. The van der Waals surface area contributed by atoms with E-state index < -0.39 is 22.4 Å². The normalized spacial score (nSPS) is 12.7. The van der Waals surface area contributed by atoms with Crippen molar-refractivity contribution in [3.63, 3.8) is 0 Å². The van der Waals surface area contributed by atoms with Crippen LogP contribution in [0.5, 0.6) is 23.0 Å². The van der Waals surface area contributed by atoms with E-state index in [9.17, 15) is 0 Å². The summed E-state index contributed by atoms with van der Waals surface area (Å²) in [4.78, 5) is 43.7. The topological polar surface area (TPSA) is 160 Å².